The van der Waals surface area contributed by atoms with E-state index in [0.29, 0.717) is 5.39 Å². The molecule has 1 aliphatic heterocycles. The molecule has 1 fully saturated rings. The summed E-state index contributed by atoms with van der Waals surface area (Å²) in [5, 5.41) is 4.83. The van der Waals surface area contributed by atoms with E-state index in [9.17, 15) is 4.79 Å². The zero-order valence-electron chi connectivity index (χ0n) is 17.5. The third-order valence-corrected chi connectivity index (χ3v) is 7.00. The number of benzene rings is 3. The van der Waals surface area contributed by atoms with Crippen LogP contribution < -0.4 is 11.0 Å². The molecular weight excluding hydrogens is 373 g/mol. The fourth-order valence-corrected chi connectivity index (χ4v) is 4.77. The van der Waals surface area contributed by atoms with Crippen molar-refractivity contribution >= 4 is 50.5 Å². The van der Waals surface area contributed by atoms with Crippen molar-refractivity contribution in [3.8, 4) is 0 Å². The second-order valence-electron chi connectivity index (χ2n) is 9.22. The Labute approximate surface area is 174 Å². The molecule has 3 heterocycles. The molecule has 1 aliphatic rings. The lowest BCUT2D eigenvalue weighted by atomic mass is 9.75. The van der Waals surface area contributed by atoms with Crippen LogP contribution in [0.2, 0.25) is 0 Å². The summed E-state index contributed by atoms with van der Waals surface area (Å²) in [6, 6.07) is 20.2. The number of para-hydroxylation sites is 2. The fourth-order valence-electron chi connectivity index (χ4n) is 4.77. The van der Waals surface area contributed by atoms with E-state index in [0.717, 1.165) is 38.0 Å². The van der Waals surface area contributed by atoms with Gasteiger partial charge < -0.3 is 9.31 Å². The molecule has 0 aliphatic carbocycles. The number of pyridine rings is 1. The maximum atomic E-state index is 13.7. The van der Waals surface area contributed by atoms with Crippen molar-refractivity contribution < 1.29 is 9.31 Å². The van der Waals surface area contributed by atoms with Crippen LogP contribution in [0.1, 0.15) is 27.7 Å². The van der Waals surface area contributed by atoms with E-state index in [1.807, 2.05) is 68.5 Å². The quantitative estimate of drug-likeness (QED) is 0.310. The fraction of sp³-hybridized carbons (Fsp3) is 0.240. The number of nitrogens with zero attached hydrogens (tertiary/aromatic N) is 1. The topological polar surface area (TPSA) is 39.9 Å². The van der Waals surface area contributed by atoms with Crippen molar-refractivity contribution in [1.82, 2.24) is 4.40 Å². The van der Waals surface area contributed by atoms with Crippen LogP contribution in [0.3, 0.4) is 0 Å². The summed E-state index contributed by atoms with van der Waals surface area (Å²) in [6.07, 6.45) is 0. The van der Waals surface area contributed by atoms with E-state index in [-0.39, 0.29) is 5.56 Å². The average Bonchev–Trinajstić information content (AvgIpc) is 3.17. The summed E-state index contributed by atoms with van der Waals surface area (Å²) in [4.78, 5) is 13.7. The maximum Gasteiger partial charge on any atom is 0.495 e. The molecule has 2 aromatic heterocycles. The second kappa shape index (κ2) is 5.62. The number of rotatable bonds is 1. The molecule has 1 saturated heterocycles. The number of aromatic nitrogens is 1. The first-order valence-electron chi connectivity index (χ1n) is 10.4. The van der Waals surface area contributed by atoms with E-state index in [1.165, 1.54) is 0 Å². The van der Waals surface area contributed by atoms with Gasteiger partial charge in [-0.3, -0.25) is 9.20 Å². The molecule has 4 nitrogen and oxygen atoms in total. The SMILES string of the molecule is CC1(C)OB(c2cccc3c(=O)n4c5ccccc5c5cccc(c23)c54)OC1(C)C. The standard InChI is InChI=1S/C25H22BNO3/c1-24(2)25(3,4)30-26(29-24)19-13-8-12-18-21(19)17-11-7-10-16-15-9-5-6-14-20(15)27(22(16)17)23(18)28/h5-14H,1-4H3. The Kier molecular flexibility index (Phi) is 3.36. The zero-order valence-corrected chi connectivity index (χ0v) is 17.5. The monoisotopic (exact) mass is 395 g/mol. The van der Waals surface area contributed by atoms with Crippen molar-refractivity contribution in [2.24, 2.45) is 0 Å². The van der Waals surface area contributed by atoms with Crippen LogP contribution in [0.25, 0.3) is 38.0 Å². The van der Waals surface area contributed by atoms with E-state index in [2.05, 4.69) is 24.3 Å². The molecule has 0 spiro atoms. The van der Waals surface area contributed by atoms with E-state index in [4.69, 9.17) is 9.31 Å². The van der Waals surface area contributed by atoms with Crippen molar-refractivity contribution in [1.29, 1.82) is 0 Å². The molecule has 0 radical (unpaired) electrons. The van der Waals surface area contributed by atoms with Gasteiger partial charge in [0, 0.05) is 21.5 Å². The molecule has 0 saturated carbocycles. The van der Waals surface area contributed by atoms with Gasteiger partial charge >= 0.3 is 7.12 Å². The zero-order chi connectivity index (χ0) is 20.8. The minimum atomic E-state index is -0.524. The highest BCUT2D eigenvalue weighted by Crippen LogP contribution is 2.38. The summed E-state index contributed by atoms with van der Waals surface area (Å²) >= 11 is 0. The van der Waals surface area contributed by atoms with Gasteiger partial charge in [-0.2, -0.15) is 0 Å². The molecule has 5 aromatic rings. The summed E-state index contributed by atoms with van der Waals surface area (Å²) in [5.74, 6) is 0. The van der Waals surface area contributed by atoms with Crippen molar-refractivity contribution in [2.45, 2.75) is 38.9 Å². The van der Waals surface area contributed by atoms with Gasteiger partial charge in [0.1, 0.15) is 0 Å². The van der Waals surface area contributed by atoms with Crippen LogP contribution in [0.4, 0.5) is 0 Å². The first-order chi connectivity index (χ1) is 14.3. The highest BCUT2D eigenvalue weighted by atomic mass is 16.7. The summed E-state index contributed by atoms with van der Waals surface area (Å²) in [5.41, 5.74) is 1.91. The maximum absolute atomic E-state index is 13.7. The van der Waals surface area contributed by atoms with Gasteiger partial charge in [-0.25, -0.2) is 0 Å². The lowest BCUT2D eigenvalue weighted by Gasteiger charge is -2.32. The largest absolute Gasteiger partial charge is 0.495 e. The Morgan fingerprint density at radius 1 is 0.733 bits per heavy atom. The lowest BCUT2D eigenvalue weighted by Crippen LogP contribution is -2.41. The van der Waals surface area contributed by atoms with Gasteiger partial charge in [-0.1, -0.05) is 48.5 Å². The Morgan fingerprint density at radius 2 is 1.33 bits per heavy atom. The van der Waals surface area contributed by atoms with Gasteiger partial charge in [-0.05, 0) is 50.7 Å². The Hall–Kier alpha value is -2.89. The van der Waals surface area contributed by atoms with Crippen molar-refractivity contribution in [3.63, 3.8) is 0 Å². The molecule has 0 unspecified atom stereocenters. The van der Waals surface area contributed by atoms with Gasteiger partial charge in [0.25, 0.3) is 5.56 Å². The van der Waals surface area contributed by atoms with Crippen LogP contribution in [0.5, 0.6) is 0 Å². The molecule has 0 N–H and O–H groups in total. The van der Waals surface area contributed by atoms with Gasteiger partial charge in [0.15, 0.2) is 0 Å². The third kappa shape index (κ3) is 2.11. The van der Waals surface area contributed by atoms with Crippen LogP contribution >= 0.6 is 0 Å². The Bertz CT molecular complexity index is 1520. The number of hydrogen-bond acceptors (Lipinski definition) is 3. The van der Waals surface area contributed by atoms with Crippen molar-refractivity contribution in [3.05, 3.63) is 71.0 Å². The predicted octanol–water partition coefficient (Wildman–Crippen LogP) is 4.50. The Morgan fingerprint density at radius 3 is 2.10 bits per heavy atom. The molecular formula is C25H22BNO3. The average molecular weight is 395 g/mol. The highest BCUT2D eigenvalue weighted by Gasteiger charge is 2.52. The smallest absolute Gasteiger partial charge is 0.399 e. The van der Waals surface area contributed by atoms with Gasteiger partial charge in [-0.15, -0.1) is 0 Å². The molecule has 3 aromatic carbocycles. The molecule has 0 amide bonds. The summed E-state index contributed by atoms with van der Waals surface area (Å²) in [6.45, 7) is 8.19. The van der Waals surface area contributed by atoms with Crippen LogP contribution in [0.15, 0.2) is 65.5 Å². The molecule has 6 rings (SSSR count). The summed E-state index contributed by atoms with van der Waals surface area (Å²) < 4.78 is 14.6. The van der Waals surface area contributed by atoms with E-state index >= 15 is 0 Å². The molecule has 148 valence electrons. The van der Waals surface area contributed by atoms with E-state index in [1.54, 1.807) is 0 Å². The molecule has 30 heavy (non-hydrogen) atoms. The predicted molar refractivity (Wildman–Crippen MR) is 123 cm³/mol. The first-order valence-corrected chi connectivity index (χ1v) is 10.4. The lowest BCUT2D eigenvalue weighted by molar-refractivity contribution is 0.00578. The van der Waals surface area contributed by atoms with Crippen LogP contribution in [0, 0.1) is 0 Å². The minimum Gasteiger partial charge on any atom is -0.399 e. The first kappa shape index (κ1) is 17.9. The second-order valence-corrected chi connectivity index (χ2v) is 9.22. The van der Waals surface area contributed by atoms with Crippen LogP contribution in [-0.4, -0.2) is 22.7 Å². The third-order valence-electron chi connectivity index (χ3n) is 7.00. The number of fused-ring (bicyclic) bond motifs is 5. The van der Waals surface area contributed by atoms with Crippen LogP contribution in [-0.2, 0) is 9.31 Å². The minimum absolute atomic E-state index is 0.00623. The highest BCUT2D eigenvalue weighted by molar-refractivity contribution is 6.66. The van der Waals surface area contributed by atoms with E-state index < -0.39 is 18.3 Å². The molecule has 0 bridgehead atoms. The molecule has 5 heteroatoms. The normalized spacial score (nSPS) is 18.3. The van der Waals surface area contributed by atoms with Gasteiger partial charge in [0.05, 0.1) is 22.2 Å². The number of hydrogen-bond donors (Lipinski definition) is 0. The Balaban J connectivity index is 1.78. The summed E-state index contributed by atoms with van der Waals surface area (Å²) in [7, 11) is -0.524. The van der Waals surface area contributed by atoms with Crippen molar-refractivity contribution in [2.75, 3.05) is 0 Å². The molecule has 0 atom stereocenters. The van der Waals surface area contributed by atoms with Gasteiger partial charge in [0.2, 0.25) is 0 Å².